The molecule has 0 radical (unpaired) electrons. The number of hydrogen-bond acceptors (Lipinski definition) is 3. The van der Waals surface area contributed by atoms with Gasteiger partial charge in [-0.25, -0.2) is 0 Å². The van der Waals surface area contributed by atoms with E-state index in [2.05, 4.69) is 51.4 Å². The number of thiazole rings is 1. The van der Waals surface area contributed by atoms with Crippen molar-refractivity contribution in [3.8, 4) is 0 Å². The maximum Gasteiger partial charge on any atom is 0.0794 e. The lowest BCUT2D eigenvalue weighted by molar-refractivity contribution is 0.582. The van der Waals surface area contributed by atoms with E-state index in [9.17, 15) is 0 Å². The average molecular weight is 297 g/mol. The van der Waals surface area contributed by atoms with Crippen molar-refractivity contribution < 1.29 is 0 Å². The molecule has 0 aliphatic heterocycles. The summed E-state index contributed by atoms with van der Waals surface area (Å²) >= 11 is 5.16. The molecule has 2 nitrogen and oxygen atoms in total. The molecule has 1 unspecified atom stereocenters. The Morgan fingerprint density at radius 2 is 2.38 bits per heavy atom. The van der Waals surface area contributed by atoms with Crippen LogP contribution in [0.4, 0.5) is 0 Å². The molecule has 4 heteroatoms. The molecule has 0 aliphatic carbocycles. The van der Waals surface area contributed by atoms with E-state index in [1.54, 1.807) is 11.3 Å². The molecule has 0 aliphatic rings. The van der Waals surface area contributed by atoms with Crippen LogP contribution in [0.2, 0.25) is 0 Å². The lowest BCUT2D eigenvalue weighted by atomic mass is 10.2. The first-order valence-electron chi connectivity index (χ1n) is 5.12. The van der Waals surface area contributed by atoms with Crippen LogP contribution in [0.15, 0.2) is 40.4 Å². The van der Waals surface area contributed by atoms with Crippen LogP contribution < -0.4 is 5.32 Å². The third-order valence-corrected chi connectivity index (χ3v) is 3.83. The van der Waals surface area contributed by atoms with Crippen molar-refractivity contribution in [2.45, 2.75) is 19.5 Å². The van der Waals surface area contributed by atoms with E-state index in [0.29, 0.717) is 6.04 Å². The predicted molar refractivity (Wildman–Crippen MR) is 71.5 cm³/mol. The summed E-state index contributed by atoms with van der Waals surface area (Å²) in [6.45, 7) is 3.03. The summed E-state index contributed by atoms with van der Waals surface area (Å²) in [4.78, 5) is 5.36. The zero-order valence-corrected chi connectivity index (χ0v) is 11.4. The first-order valence-corrected chi connectivity index (χ1v) is 6.79. The number of nitrogens with one attached hydrogen (secondary N) is 1. The minimum absolute atomic E-state index is 0.353. The molecule has 1 atom stereocenters. The Bertz CT molecular complexity index is 442. The highest BCUT2D eigenvalue weighted by atomic mass is 79.9. The van der Waals surface area contributed by atoms with Crippen LogP contribution in [0.5, 0.6) is 0 Å². The number of nitrogens with zero attached hydrogens (tertiary/aromatic N) is 1. The van der Waals surface area contributed by atoms with Gasteiger partial charge in [0.05, 0.1) is 5.51 Å². The molecule has 1 N–H and O–H groups in total. The second-order valence-electron chi connectivity index (χ2n) is 3.64. The Morgan fingerprint density at radius 3 is 3.06 bits per heavy atom. The van der Waals surface area contributed by atoms with Crippen molar-refractivity contribution in [3.05, 3.63) is 50.9 Å². The van der Waals surface area contributed by atoms with E-state index >= 15 is 0 Å². The minimum Gasteiger partial charge on any atom is -0.305 e. The van der Waals surface area contributed by atoms with Crippen LogP contribution in [0.3, 0.4) is 0 Å². The smallest absolute Gasteiger partial charge is 0.0794 e. The summed E-state index contributed by atoms with van der Waals surface area (Å²) in [6.07, 6.45) is 1.92. The zero-order valence-electron chi connectivity index (χ0n) is 8.98. The molecular formula is C12H13BrN2S. The van der Waals surface area contributed by atoms with Gasteiger partial charge in [-0.05, 0) is 24.6 Å². The number of halogens is 1. The molecule has 84 valence electrons. The van der Waals surface area contributed by atoms with Gasteiger partial charge in [0.2, 0.25) is 0 Å². The van der Waals surface area contributed by atoms with E-state index in [4.69, 9.17) is 0 Å². The SMILES string of the molecule is CC(NCc1cccc(Br)c1)c1cncs1. The van der Waals surface area contributed by atoms with Crippen molar-refractivity contribution in [2.75, 3.05) is 0 Å². The first-order chi connectivity index (χ1) is 7.75. The maximum absolute atomic E-state index is 4.08. The Balaban J connectivity index is 1.92. The number of aromatic nitrogens is 1. The molecule has 2 aromatic rings. The Kier molecular flexibility index (Phi) is 4.09. The fourth-order valence-electron chi connectivity index (χ4n) is 1.46. The fourth-order valence-corrected chi connectivity index (χ4v) is 2.56. The van der Waals surface area contributed by atoms with Gasteiger partial charge in [-0.3, -0.25) is 4.98 Å². The van der Waals surface area contributed by atoms with Crippen molar-refractivity contribution in [2.24, 2.45) is 0 Å². The maximum atomic E-state index is 4.08. The standard InChI is InChI=1S/C12H13BrN2S/c1-9(12-7-14-8-16-12)15-6-10-3-2-4-11(13)5-10/h2-5,7-9,15H,6H2,1H3. The second kappa shape index (κ2) is 5.57. The molecule has 1 heterocycles. The largest absolute Gasteiger partial charge is 0.305 e. The molecule has 0 saturated carbocycles. The average Bonchev–Trinajstić information content (AvgIpc) is 2.79. The summed E-state index contributed by atoms with van der Waals surface area (Å²) in [5, 5.41) is 3.48. The Morgan fingerprint density at radius 1 is 1.50 bits per heavy atom. The van der Waals surface area contributed by atoms with Gasteiger partial charge in [-0.1, -0.05) is 28.1 Å². The normalized spacial score (nSPS) is 12.6. The lowest BCUT2D eigenvalue weighted by Gasteiger charge is -2.11. The molecule has 0 fully saturated rings. The van der Waals surface area contributed by atoms with Gasteiger partial charge >= 0.3 is 0 Å². The third kappa shape index (κ3) is 3.14. The monoisotopic (exact) mass is 296 g/mol. The summed E-state index contributed by atoms with van der Waals surface area (Å²) in [5.41, 5.74) is 3.15. The molecule has 0 spiro atoms. The van der Waals surface area contributed by atoms with E-state index in [0.717, 1.165) is 11.0 Å². The summed E-state index contributed by atoms with van der Waals surface area (Å²) < 4.78 is 1.12. The van der Waals surface area contributed by atoms with E-state index in [1.807, 2.05) is 17.8 Å². The fraction of sp³-hybridized carbons (Fsp3) is 0.250. The quantitative estimate of drug-likeness (QED) is 0.929. The second-order valence-corrected chi connectivity index (χ2v) is 5.47. The molecule has 0 bridgehead atoms. The van der Waals surface area contributed by atoms with Crippen molar-refractivity contribution in [1.29, 1.82) is 0 Å². The van der Waals surface area contributed by atoms with Crippen molar-refractivity contribution in [3.63, 3.8) is 0 Å². The number of hydrogen-bond donors (Lipinski definition) is 1. The van der Waals surface area contributed by atoms with Gasteiger partial charge in [0.25, 0.3) is 0 Å². The molecule has 0 amide bonds. The first kappa shape index (κ1) is 11.8. The van der Waals surface area contributed by atoms with Crippen molar-refractivity contribution >= 4 is 27.3 Å². The molecule has 0 saturated heterocycles. The zero-order chi connectivity index (χ0) is 11.4. The lowest BCUT2D eigenvalue weighted by Crippen LogP contribution is -2.17. The van der Waals surface area contributed by atoms with Gasteiger partial charge in [-0.15, -0.1) is 11.3 Å². The van der Waals surface area contributed by atoms with Crippen LogP contribution >= 0.6 is 27.3 Å². The number of rotatable bonds is 4. The predicted octanol–water partition coefficient (Wildman–Crippen LogP) is 3.76. The molecule has 1 aromatic heterocycles. The molecule has 16 heavy (non-hydrogen) atoms. The van der Waals surface area contributed by atoms with E-state index < -0.39 is 0 Å². The van der Waals surface area contributed by atoms with Gasteiger partial charge in [0, 0.05) is 28.1 Å². The molecule has 1 aromatic carbocycles. The highest BCUT2D eigenvalue weighted by Crippen LogP contribution is 2.17. The van der Waals surface area contributed by atoms with E-state index in [1.165, 1.54) is 10.4 Å². The van der Waals surface area contributed by atoms with Gasteiger partial charge < -0.3 is 5.32 Å². The van der Waals surface area contributed by atoms with Gasteiger partial charge in [-0.2, -0.15) is 0 Å². The van der Waals surface area contributed by atoms with Gasteiger partial charge in [0.1, 0.15) is 0 Å². The highest BCUT2D eigenvalue weighted by molar-refractivity contribution is 9.10. The Labute approximate surface area is 108 Å². The van der Waals surface area contributed by atoms with Crippen LogP contribution in [-0.2, 0) is 6.54 Å². The topological polar surface area (TPSA) is 24.9 Å². The van der Waals surface area contributed by atoms with Crippen LogP contribution in [-0.4, -0.2) is 4.98 Å². The van der Waals surface area contributed by atoms with Crippen LogP contribution in [0.25, 0.3) is 0 Å². The van der Waals surface area contributed by atoms with Crippen LogP contribution in [0, 0.1) is 0 Å². The van der Waals surface area contributed by atoms with Crippen molar-refractivity contribution in [1.82, 2.24) is 10.3 Å². The summed E-state index contributed by atoms with van der Waals surface area (Å²) in [5.74, 6) is 0. The molecular weight excluding hydrogens is 284 g/mol. The summed E-state index contributed by atoms with van der Waals surface area (Å²) in [7, 11) is 0. The summed E-state index contributed by atoms with van der Waals surface area (Å²) in [6, 6.07) is 8.70. The van der Waals surface area contributed by atoms with Crippen LogP contribution in [0.1, 0.15) is 23.4 Å². The van der Waals surface area contributed by atoms with E-state index in [-0.39, 0.29) is 0 Å². The molecule has 2 rings (SSSR count). The number of benzene rings is 1. The minimum atomic E-state index is 0.353. The Hall–Kier alpha value is -0.710. The highest BCUT2D eigenvalue weighted by Gasteiger charge is 2.05. The third-order valence-electron chi connectivity index (χ3n) is 2.38. The van der Waals surface area contributed by atoms with Gasteiger partial charge in [0.15, 0.2) is 0 Å².